The van der Waals surface area contributed by atoms with Crippen molar-refractivity contribution in [1.82, 2.24) is 9.55 Å². The Morgan fingerprint density at radius 1 is 1.71 bits per heavy atom. The Hall–Kier alpha value is -1.52. The quantitative estimate of drug-likeness (QED) is 0.739. The molecule has 0 aromatic carbocycles. The van der Waals surface area contributed by atoms with Gasteiger partial charge >= 0.3 is 0 Å². The second-order valence-corrected chi connectivity index (χ2v) is 3.65. The van der Waals surface area contributed by atoms with Gasteiger partial charge < -0.3 is 15.6 Å². The average Bonchev–Trinajstić information content (AvgIpc) is 2.50. The van der Waals surface area contributed by atoms with E-state index in [1.165, 1.54) is 0 Å². The van der Waals surface area contributed by atoms with Crippen molar-refractivity contribution in [2.45, 2.75) is 32.9 Å². The number of aromatic nitrogens is 2. The summed E-state index contributed by atoms with van der Waals surface area (Å²) < 4.78 is 1.91. The Balaban J connectivity index is 2.83. The van der Waals surface area contributed by atoms with Crippen molar-refractivity contribution in [3.8, 4) is 0 Å². The summed E-state index contributed by atoms with van der Waals surface area (Å²) in [6, 6.07) is 0. The number of rotatable bonds is 4. The normalized spacial score (nSPS) is 11.4. The van der Waals surface area contributed by atoms with E-state index in [1.807, 2.05) is 17.7 Å². The van der Waals surface area contributed by atoms with Gasteiger partial charge in [0.05, 0.1) is 0 Å². The van der Waals surface area contributed by atoms with E-state index < -0.39 is 11.4 Å². The van der Waals surface area contributed by atoms with Crippen LogP contribution in [-0.4, -0.2) is 21.0 Å². The molecule has 0 fully saturated rings. The van der Waals surface area contributed by atoms with Crippen LogP contribution in [0.5, 0.6) is 0 Å². The number of nitrogens with one attached hydrogen (secondary N) is 1. The van der Waals surface area contributed by atoms with E-state index in [-0.39, 0.29) is 0 Å². The minimum absolute atomic E-state index is 0.400. The molecule has 0 saturated heterocycles. The highest BCUT2D eigenvalue weighted by atomic mass is 16.1. The van der Waals surface area contributed by atoms with Gasteiger partial charge in [-0.05, 0) is 20.8 Å². The SMILES string of the molecule is CCn1ccnc1NC(C)(C)C(N)=O. The lowest BCUT2D eigenvalue weighted by molar-refractivity contribution is -0.121. The lowest BCUT2D eigenvalue weighted by Gasteiger charge is -2.23. The van der Waals surface area contributed by atoms with Crippen molar-refractivity contribution in [3.63, 3.8) is 0 Å². The molecule has 0 radical (unpaired) electrons. The molecule has 0 aliphatic heterocycles. The number of carbonyl (C=O) groups excluding carboxylic acids is 1. The molecule has 1 aromatic heterocycles. The van der Waals surface area contributed by atoms with E-state index in [0.717, 1.165) is 6.54 Å². The topological polar surface area (TPSA) is 72.9 Å². The minimum Gasteiger partial charge on any atom is -0.368 e. The Morgan fingerprint density at radius 3 is 2.86 bits per heavy atom. The van der Waals surface area contributed by atoms with Gasteiger partial charge in [-0.1, -0.05) is 0 Å². The van der Waals surface area contributed by atoms with Gasteiger partial charge in [0.2, 0.25) is 11.9 Å². The van der Waals surface area contributed by atoms with Gasteiger partial charge in [0.25, 0.3) is 0 Å². The van der Waals surface area contributed by atoms with Gasteiger partial charge in [0.15, 0.2) is 0 Å². The maximum Gasteiger partial charge on any atom is 0.242 e. The third-order valence-corrected chi connectivity index (χ3v) is 2.10. The standard InChI is InChI=1S/C9H16N4O/c1-4-13-6-5-11-8(13)12-9(2,3)7(10)14/h5-6H,4H2,1-3H3,(H2,10,14)(H,11,12). The number of amides is 1. The van der Waals surface area contributed by atoms with E-state index in [0.29, 0.717) is 5.95 Å². The molecular weight excluding hydrogens is 180 g/mol. The number of anilines is 1. The molecule has 0 saturated carbocycles. The molecule has 1 aromatic rings. The number of aryl methyl sites for hydroxylation is 1. The largest absolute Gasteiger partial charge is 0.368 e. The first-order chi connectivity index (χ1) is 6.47. The van der Waals surface area contributed by atoms with Gasteiger partial charge in [-0.3, -0.25) is 4.79 Å². The number of hydrogen-bond donors (Lipinski definition) is 2. The van der Waals surface area contributed by atoms with Crippen LogP contribution in [0.15, 0.2) is 12.4 Å². The van der Waals surface area contributed by atoms with Gasteiger partial charge in [-0.25, -0.2) is 4.98 Å². The molecule has 78 valence electrons. The number of imidazole rings is 1. The van der Waals surface area contributed by atoms with Crippen LogP contribution in [0.4, 0.5) is 5.95 Å². The summed E-state index contributed by atoms with van der Waals surface area (Å²) in [4.78, 5) is 15.2. The summed E-state index contributed by atoms with van der Waals surface area (Å²) in [5.74, 6) is 0.263. The van der Waals surface area contributed by atoms with Crippen LogP contribution in [0.2, 0.25) is 0 Å². The molecular formula is C9H16N4O. The van der Waals surface area contributed by atoms with Crippen molar-refractivity contribution >= 4 is 11.9 Å². The van der Waals surface area contributed by atoms with Crippen LogP contribution < -0.4 is 11.1 Å². The first kappa shape index (κ1) is 10.6. The number of nitrogens with zero attached hydrogens (tertiary/aromatic N) is 2. The predicted octanol–water partition coefficient (Wildman–Crippen LogP) is 0.579. The summed E-state index contributed by atoms with van der Waals surface area (Å²) in [6.45, 7) is 6.26. The van der Waals surface area contributed by atoms with Gasteiger partial charge in [0.1, 0.15) is 5.54 Å². The van der Waals surface area contributed by atoms with Gasteiger partial charge in [-0.15, -0.1) is 0 Å². The molecule has 14 heavy (non-hydrogen) atoms. The third-order valence-electron chi connectivity index (χ3n) is 2.10. The lowest BCUT2D eigenvalue weighted by Crippen LogP contribution is -2.45. The summed E-state index contributed by atoms with van der Waals surface area (Å²) in [5.41, 5.74) is 4.46. The van der Waals surface area contributed by atoms with Crippen LogP contribution in [0.1, 0.15) is 20.8 Å². The molecule has 5 nitrogen and oxygen atoms in total. The number of primary amides is 1. The Bertz CT molecular complexity index is 329. The van der Waals surface area contributed by atoms with Crippen LogP contribution in [0.25, 0.3) is 0 Å². The molecule has 0 atom stereocenters. The number of carbonyl (C=O) groups is 1. The molecule has 5 heteroatoms. The first-order valence-electron chi connectivity index (χ1n) is 4.56. The zero-order valence-corrected chi connectivity index (χ0v) is 8.74. The maximum absolute atomic E-state index is 11.1. The molecule has 1 heterocycles. The zero-order valence-electron chi connectivity index (χ0n) is 8.74. The predicted molar refractivity (Wildman–Crippen MR) is 54.8 cm³/mol. The van der Waals surface area contributed by atoms with Crippen LogP contribution in [-0.2, 0) is 11.3 Å². The Morgan fingerprint density at radius 2 is 2.36 bits per heavy atom. The fourth-order valence-corrected chi connectivity index (χ4v) is 1.03. The number of nitrogens with two attached hydrogens (primary N) is 1. The van der Waals surface area contributed by atoms with Crippen LogP contribution in [0, 0.1) is 0 Å². The monoisotopic (exact) mass is 196 g/mol. The van der Waals surface area contributed by atoms with Crippen molar-refractivity contribution in [3.05, 3.63) is 12.4 Å². The maximum atomic E-state index is 11.1. The Labute approximate surface area is 83.3 Å². The smallest absolute Gasteiger partial charge is 0.242 e. The summed E-state index contributed by atoms with van der Waals surface area (Å²) >= 11 is 0. The second-order valence-electron chi connectivity index (χ2n) is 3.65. The number of hydrogen-bond acceptors (Lipinski definition) is 3. The lowest BCUT2D eigenvalue weighted by atomic mass is 10.1. The molecule has 1 rings (SSSR count). The summed E-state index contributed by atoms with van der Waals surface area (Å²) in [5, 5.41) is 2.99. The minimum atomic E-state index is -0.779. The zero-order chi connectivity index (χ0) is 10.8. The van der Waals surface area contributed by atoms with E-state index in [2.05, 4.69) is 10.3 Å². The van der Waals surface area contributed by atoms with Crippen LogP contribution >= 0.6 is 0 Å². The molecule has 0 aliphatic rings. The van der Waals surface area contributed by atoms with E-state index in [4.69, 9.17) is 5.73 Å². The van der Waals surface area contributed by atoms with E-state index in [1.54, 1.807) is 20.0 Å². The Kier molecular flexibility index (Phi) is 2.78. The summed E-state index contributed by atoms with van der Waals surface area (Å²) in [7, 11) is 0. The first-order valence-corrected chi connectivity index (χ1v) is 4.56. The van der Waals surface area contributed by atoms with E-state index >= 15 is 0 Å². The molecule has 0 spiro atoms. The highest BCUT2D eigenvalue weighted by Crippen LogP contribution is 2.12. The molecule has 0 unspecified atom stereocenters. The third kappa shape index (κ3) is 2.04. The van der Waals surface area contributed by atoms with Gasteiger partial charge in [0, 0.05) is 18.9 Å². The highest BCUT2D eigenvalue weighted by Gasteiger charge is 2.25. The van der Waals surface area contributed by atoms with Crippen LogP contribution in [0.3, 0.4) is 0 Å². The molecule has 0 bridgehead atoms. The average molecular weight is 196 g/mol. The summed E-state index contributed by atoms with van der Waals surface area (Å²) in [6.07, 6.45) is 3.53. The fourth-order valence-electron chi connectivity index (χ4n) is 1.03. The van der Waals surface area contributed by atoms with Crippen molar-refractivity contribution in [2.24, 2.45) is 5.73 Å². The highest BCUT2D eigenvalue weighted by molar-refractivity contribution is 5.86. The van der Waals surface area contributed by atoms with E-state index in [9.17, 15) is 4.79 Å². The van der Waals surface area contributed by atoms with Gasteiger partial charge in [-0.2, -0.15) is 0 Å². The molecule has 1 amide bonds. The van der Waals surface area contributed by atoms with Crippen molar-refractivity contribution in [1.29, 1.82) is 0 Å². The van der Waals surface area contributed by atoms with Crippen molar-refractivity contribution < 1.29 is 4.79 Å². The second kappa shape index (κ2) is 3.69. The fraction of sp³-hybridized carbons (Fsp3) is 0.556. The molecule has 0 aliphatic carbocycles. The van der Waals surface area contributed by atoms with Crippen molar-refractivity contribution in [2.75, 3.05) is 5.32 Å². The molecule has 3 N–H and O–H groups in total.